The van der Waals surface area contributed by atoms with Gasteiger partial charge >= 0.3 is 0 Å². The second-order valence-electron chi connectivity index (χ2n) is 4.86. The van der Waals surface area contributed by atoms with E-state index >= 15 is 0 Å². The Morgan fingerprint density at radius 3 is 2.53 bits per heavy atom. The van der Waals surface area contributed by atoms with E-state index in [1.165, 1.54) is 35.3 Å². The maximum Gasteiger partial charge on any atom is 0.123 e. The molecule has 0 bridgehead atoms. The van der Waals surface area contributed by atoms with Crippen LogP contribution in [-0.4, -0.2) is 19.9 Å². The Kier molecular flexibility index (Phi) is 3.69. The third kappa shape index (κ3) is 2.06. The van der Waals surface area contributed by atoms with Crippen LogP contribution in [0.15, 0.2) is 17.0 Å². The van der Waals surface area contributed by atoms with Crippen molar-refractivity contribution in [3.8, 4) is 5.75 Å². The van der Waals surface area contributed by atoms with Gasteiger partial charge in [0.05, 0.1) is 7.11 Å². The molecule has 2 nitrogen and oxygen atoms in total. The third-order valence-electron chi connectivity index (χ3n) is 3.99. The SMILES string of the molecule is COc1cc(C)c(SC)cc1C1(CN)CCC1. The molecular weight excluding hydrogens is 230 g/mol. The largest absolute Gasteiger partial charge is 0.496 e. The zero-order valence-corrected chi connectivity index (χ0v) is 11.7. The fourth-order valence-electron chi connectivity index (χ4n) is 2.65. The van der Waals surface area contributed by atoms with Gasteiger partial charge in [-0.3, -0.25) is 0 Å². The molecule has 0 radical (unpaired) electrons. The molecule has 1 aromatic carbocycles. The third-order valence-corrected chi connectivity index (χ3v) is 4.87. The summed E-state index contributed by atoms with van der Waals surface area (Å²) in [4.78, 5) is 1.33. The molecule has 0 unspecified atom stereocenters. The summed E-state index contributed by atoms with van der Waals surface area (Å²) in [6.07, 6.45) is 5.78. The number of hydrogen-bond donors (Lipinski definition) is 1. The number of aryl methyl sites for hydroxylation is 1. The number of methoxy groups -OCH3 is 1. The van der Waals surface area contributed by atoms with Crippen LogP contribution in [0.5, 0.6) is 5.75 Å². The van der Waals surface area contributed by atoms with Gasteiger partial charge in [-0.25, -0.2) is 0 Å². The average Bonchev–Trinajstić information content (AvgIpc) is 2.29. The fourth-order valence-corrected chi connectivity index (χ4v) is 3.27. The highest BCUT2D eigenvalue weighted by Gasteiger charge is 2.39. The Hall–Kier alpha value is -0.670. The molecule has 0 heterocycles. The van der Waals surface area contributed by atoms with E-state index in [1.807, 2.05) is 0 Å². The summed E-state index contributed by atoms with van der Waals surface area (Å²) >= 11 is 1.79. The highest BCUT2D eigenvalue weighted by atomic mass is 32.2. The number of thioether (sulfide) groups is 1. The first kappa shape index (κ1) is 12.8. The van der Waals surface area contributed by atoms with Gasteiger partial charge in [0.1, 0.15) is 5.75 Å². The van der Waals surface area contributed by atoms with E-state index in [0.717, 1.165) is 12.3 Å². The van der Waals surface area contributed by atoms with Gasteiger partial charge in [-0.05, 0) is 43.7 Å². The highest BCUT2D eigenvalue weighted by molar-refractivity contribution is 7.98. The Labute approximate surface area is 108 Å². The molecule has 0 aliphatic heterocycles. The van der Waals surface area contributed by atoms with E-state index in [9.17, 15) is 0 Å². The number of rotatable bonds is 4. The maximum absolute atomic E-state index is 5.99. The van der Waals surface area contributed by atoms with Crippen LogP contribution < -0.4 is 10.5 Å². The molecule has 0 amide bonds. The minimum absolute atomic E-state index is 0.170. The van der Waals surface area contributed by atoms with Gasteiger partial charge in [-0.15, -0.1) is 11.8 Å². The van der Waals surface area contributed by atoms with Gasteiger partial charge in [0.2, 0.25) is 0 Å². The summed E-state index contributed by atoms with van der Waals surface area (Å²) in [6, 6.07) is 4.43. The lowest BCUT2D eigenvalue weighted by molar-refractivity contribution is 0.243. The van der Waals surface area contributed by atoms with Crippen molar-refractivity contribution in [3.63, 3.8) is 0 Å². The van der Waals surface area contributed by atoms with Crippen molar-refractivity contribution in [2.45, 2.75) is 36.5 Å². The first-order chi connectivity index (χ1) is 8.16. The topological polar surface area (TPSA) is 35.2 Å². The van der Waals surface area contributed by atoms with Crippen LogP contribution in [0.2, 0.25) is 0 Å². The monoisotopic (exact) mass is 251 g/mol. The maximum atomic E-state index is 5.99. The van der Waals surface area contributed by atoms with Crippen LogP contribution in [0.3, 0.4) is 0 Å². The van der Waals surface area contributed by atoms with Gasteiger partial charge in [0.15, 0.2) is 0 Å². The van der Waals surface area contributed by atoms with E-state index in [4.69, 9.17) is 10.5 Å². The van der Waals surface area contributed by atoms with Crippen LogP contribution >= 0.6 is 11.8 Å². The fraction of sp³-hybridized carbons (Fsp3) is 0.571. The minimum atomic E-state index is 0.170. The van der Waals surface area contributed by atoms with Gasteiger partial charge in [0.25, 0.3) is 0 Å². The number of hydrogen-bond acceptors (Lipinski definition) is 3. The van der Waals surface area contributed by atoms with Gasteiger partial charge in [0, 0.05) is 22.4 Å². The zero-order valence-electron chi connectivity index (χ0n) is 10.9. The zero-order chi connectivity index (χ0) is 12.5. The summed E-state index contributed by atoms with van der Waals surface area (Å²) in [5, 5.41) is 0. The Morgan fingerprint density at radius 2 is 2.12 bits per heavy atom. The van der Waals surface area contributed by atoms with E-state index in [-0.39, 0.29) is 5.41 Å². The molecular formula is C14H21NOS. The van der Waals surface area contributed by atoms with Crippen molar-refractivity contribution in [1.29, 1.82) is 0 Å². The lowest BCUT2D eigenvalue weighted by atomic mass is 9.64. The van der Waals surface area contributed by atoms with E-state index in [1.54, 1.807) is 18.9 Å². The highest BCUT2D eigenvalue weighted by Crippen LogP contribution is 2.47. The molecule has 2 rings (SSSR count). The molecule has 0 saturated heterocycles. The van der Waals surface area contributed by atoms with Crippen molar-refractivity contribution in [1.82, 2.24) is 0 Å². The molecule has 94 valence electrons. The molecule has 1 fully saturated rings. The molecule has 1 saturated carbocycles. The van der Waals surface area contributed by atoms with Gasteiger partial charge < -0.3 is 10.5 Å². The number of benzene rings is 1. The molecule has 1 aromatic rings. The van der Waals surface area contributed by atoms with Gasteiger partial charge in [-0.2, -0.15) is 0 Å². The van der Waals surface area contributed by atoms with E-state index < -0.39 is 0 Å². The molecule has 0 aromatic heterocycles. The molecule has 17 heavy (non-hydrogen) atoms. The van der Waals surface area contributed by atoms with Crippen molar-refractivity contribution >= 4 is 11.8 Å². The van der Waals surface area contributed by atoms with Crippen LogP contribution in [0.4, 0.5) is 0 Å². The average molecular weight is 251 g/mol. The lowest BCUT2D eigenvalue weighted by Crippen LogP contribution is -2.41. The van der Waals surface area contributed by atoms with Crippen molar-refractivity contribution in [2.75, 3.05) is 19.9 Å². The van der Waals surface area contributed by atoms with E-state index in [2.05, 4.69) is 25.3 Å². The molecule has 0 atom stereocenters. The first-order valence-corrected chi connectivity index (χ1v) is 7.32. The predicted octanol–water partition coefficient (Wildman–Crippen LogP) is 3.11. The molecule has 1 aliphatic rings. The Bertz CT molecular complexity index is 407. The van der Waals surface area contributed by atoms with Crippen LogP contribution in [0.25, 0.3) is 0 Å². The minimum Gasteiger partial charge on any atom is -0.496 e. The quantitative estimate of drug-likeness (QED) is 0.835. The van der Waals surface area contributed by atoms with Gasteiger partial charge in [-0.1, -0.05) is 6.42 Å². The van der Waals surface area contributed by atoms with Crippen LogP contribution in [0.1, 0.15) is 30.4 Å². The Balaban J connectivity index is 2.50. The summed E-state index contributed by atoms with van der Waals surface area (Å²) in [6.45, 7) is 2.86. The van der Waals surface area contributed by atoms with Crippen LogP contribution in [0, 0.1) is 6.92 Å². The summed E-state index contributed by atoms with van der Waals surface area (Å²) in [5.41, 5.74) is 8.75. The Morgan fingerprint density at radius 1 is 1.41 bits per heavy atom. The standard InChI is InChI=1S/C14H21NOS/c1-10-7-12(16-2)11(8-13(10)17-3)14(9-15)5-4-6-14/h7-8H,4-6,9,15H2,1-3H3. The van der Waals surface area contributed by atoms with Crippen LogP contribution in [-0.2, 0) is 5.41 Å². The van der Waals surface area contributed by atoms with Crippen molar-refractivity contribution in [2.24, 2.45) is 5.73 Å². The number of ether oxygens (including phenoxy) is 1. The summed E-state index contributed by atoms with van der Waals surface area (Å²) in [5.74, 6) is 1.01. The molecule has 2 N–H and O–H groups in total. The second-order valence-corrected chi connectivity index (χ2v) is 5.71. The normalized spacial score (nSPS) is 17.6. The number of nitrogens with two attached hydrogens (primary N) is 1. The summed E-state index contributed by atoms with van der Waals surface area (Å²) in [7, 11) is 1.75. The van der Waals surface area contributed by atoms with Crippen molar-refractivity contribution in [3.05, 3.63) is 23.3 Å². The summed E-state index contributed by atoms with van der Waals surface area (Å²) < 4.78 is 5.54. The molecule has 1 aliphatic carbocycles. The predicted molar refractivity (Wildman–Crippen MR) is 74.1 cm³/mol. The smallest absolute Gasteiger partial charge is 0.123 e. The first-order valence-electron chi connectivity index (χ1n) is 6.10. The molecule has 0 spiro atoms. The van der Waals surface area contributed by atoms with Crippen molar-refractivity contribution < 1.29 is 4.74 Å². The molecule has 3 heteroatoms. The second kappa shape index (κ2) is 4.91. The lowest BCUT2D eigenvalue weighted by Gasteiger charge is -2.42. The van der Waals surface area contributed by atoms with E-state index in [0.29, 0.717) is 0 Å².